The van der Waals surface area contributed by atoms with Crippen LogP contribution in [-0.4, -0.2) is 5.31 Å². The molecule has 10 heavy (non-hydrogen) atoms. The first kappa shape index (κ1) is 9.27. The SMILES string of the molecule is C[Si](Br)(Br)C1CCCCC1. The maximum absolute atomic E-state index is 3.80. The van der Waals surface area contributed by atoms with Crippen molar-refractivity contribution in [3.05, 3.63) is 0 Å². The molecule has 60 valence electrons. The van der Waals surface area contributed by atoms with Crippen LogP contribution in [0.25, 0.3) is 0 Å². The van der Waals surface area contributed by atoms with Crippen LogP contribution >= 0.6 is 30.6 Å². The second-order valence-electron chi connectivity index (χ2n) is 3.29. The molecule has 0 unspecified atom stereocenters. The van der Waals surface area contributed by atoms with Crippen molar-refractivity contribution >= 4 is 35.9 Å². The van der Waals surface area contributed by atoms with Crippen molar-refractivity contribution in [3.8, 4) is 0 Å². The zero-order valence-electron chi connectivity index (χ0n) is 6.37. The minimum atomic E-state index is -1.13. The Balaban J connectivity index is 2.39. The van der Waals surface area contributed by atoms with E-state index in [0.29, 0.717) is 0 Å². The molecule has 1 rings (SSSR count). The fourth-order valence-electron chi connectivity index (χ4n) is 1.61. The van der Waals surface area contributed by atoms with Gasteiger partial charge in [-0.1, -0.05) is 32.1 Å². The highest BCUT2D eigenvalue weighted by Gasteiger charge is 2.32. The first-order chi connectivity index (χ1) is 4.61. The number of hydrogen-bond donors (Lipinski definition) is 0. The molecule has 0 saturated heterocycles. The molecule has 0 radical (unpaired) electrons. The van der Waals surface area contributed by atoms with Crippen molar-refractivity contribution < 1.29 is 0 Å². The van der Waals surface area contributed by atoms with Gasteiger partial charge in [0.05, 0.1) is 0 Å². The zero-order chi connectivity index (χ0) is 7.61. The minimum absolute atomic E-state index is 0.973. The van der Waals surface area contributed by atoms with Gasteiger partial charge in [0.1, 0.15) is 0 Å². The smallest absolute Gasteiger partial charge is 0.111 e. The van der Waals surface area contributed by atoms with Gasteiger partial charge < -0.3 is 0 Å². The summed E-state index contributed by atoms with van der Waals surface area (Å²) in [5.41, 5.74) is 0.973. The van der Waals surface area contributed by atoms with E-state index in [1.165, 1.54) is 32.1 Å². The van der Waals surface area contributed by atoms with Crippen molar-refractivity contribution in [2.75, 3.05) is 0 Å². The van der Waals surface area contributed by atoms with E-state index >= 15 is 0 Å². The normalized spacial score (nSPS) is 23.1. The molecular weight excluding hydrogens is 272 g/mol. The largest absolute Gasteiger partial charge is 0.201 e. The van der Waals surface area contributed by atoms with Gasteiger partial charge in [-0.3, -0.25) is 0 Å². The summed E-state index contributed by atoms with van der Waals surface area (Å²) in [6.45, 7) is 2.35. The summed E-state index contributed by atoms with van der Waals surface area (Å²) in [6.07, 6.45) is 7.24. The Morgan fingerprint density at radius 2 is 1.60 bits per heavy atom. The summed E-state index contributed by atoms with van der Waals surface area (Å²) in [4.78, 5) is 0. The lowest BCUT2D eigenvalue weighted by atomic mass is 10.0. The molecule has 0 aromatic heterocycles. The standard InChI is InChI=1S/C7H14Br2Si/c1-10(8,9)7-5-3-2-4-6-7/h7H,2-6H2,1H3. The van der Waals surface area contributed by atoms with Gasteiger partial charge in [-0.25, -0.2) is 0 Å². The van der Waals surface area contributed by atoms with Crippen molar-refractivity contribution in [3.63, 3.8) is 0 Å². The molecule has 0 aromatic rings. The third kappa shape index (κ3) is 2.66. The Morgan fingerprint density at radius 3 is 1.90 bits per heavy atom. The molecule has 0 nitrogen and oxygen atoms in total. The molecule has 0 amide bonds. The summed E-state index contributed by atoms with van der Waals surface area (Å²) in [5.74, 6) is 0. The third-order valence-corrected chi connectivity index (χ3v) is 8.22. The first-order valence-electron chi connectivity index (χ1n) is 3.98. The number of rotatable bonds is 1. The van der Waals surface area contributed by atoms with Crippen LogP contribution in [0.1, 0.15) is 32.1 Å². The molecule has 0 N–H and O–H groups in total. The van der Waals surface area contributed by atoms with Gasteiger partial charge in [0.15, 0.2) is 0 Å². The molecule has 0 aromatic carbocycles. The van der Waals surface area contributed by atoms with Gasteiger partial charge >= 0.3 is 0 Å². The van der Waals surface area contributed by atoms with Crippen LogP contribution in [0.2, 0.25) is 12.1 Å². The molecule has 0 bridgehead atoms. The lowest BCUT2D eigenvalue weighted by molar-refractivity contribution is 0.499. The van der Waals surface area contributed by atoms with Crippen LogP contribution in [0.4, 0.5) is 0 Å². The Hall–Kier alpha value is 1.18. The monoisotopic (exact) mass is 284 g/mol. The van der Waals surface area contributed by atoms with Crippen molar-refractivity contribution in [1.82, 2.24) is 0 Å². The molecule has 0 atom stereocenters. The van der Waals surface area contributed by atoms with Crippen LogP contribution in [-0.2, 0) is 0 Å². The predicted octanol–water partition coefficient (Wildman–Crippen LogP) is 4.18. The van der Waals surface area contributed by atoms with Crippen LogP contribution in [0, 0.1) is 0 Å². The second-order valence-corrected chi connectivity index (χ2v) is 19.1. The molecule has 0 aliphatic heterocycles. The molecule has 1 aliphatic carbocycles. The quantitative estimate of drug-likeness (QED) is 0.501. The zero-order valence-corrected chi connectivity index (χ0v) is 10.5. The number of hydrogen-bond acceptors (Lipinski definition) is 0. The van der Waals surface area contributed by atoms with Crippen molar-refractivity contribution in [1.29, 1.82) is 0 Å². The fourth-order valence-corrected chi connectivity index (χ4v) is 5.78. The summed E-state index contributed by atoms with van der Waals surface area (Å²) >= 11 is 7.59. The Morgan fingerprint density at radius 1 is 1.10 bits per heavy atom. The summed E-state index contributed by atoms with van der Waals surface area (Å²) in [6, 6.07) is 0. The van der Waals surface area contributed by atoms with Gasteiger partial charge in [-0.2, -0.15) is 0 Å². The molecule has 3 heteroatoms. The predicted molar refractivity (Wildman–Crippen MR) is 56.3 cm³/mol. The van der Waals surface area contributed by atoms with Gasteiger partial charge in [-0.15, -0.1) is 30.6 Å². The molecule has 1 aliphatic rings. The van der Waals surface area contributed by atoms with Crippen molar-refractivity contribution in [2.45, 2.75) is 44.2 Å². The lowest BCUT2D eigenvalue weighted by Crippen LogP contribution is -2.22. The highest BCUT2D eigenvalue weighted by atomic mass is 79.9. The van der Waals surface area contributed by atoms with Crippen LogP contribution in [0.3, 0.4) is 0 Å². The molecular formula is C7H14Br2Si. The highest BCUT2D eigenvalue weighted by Crippen LogP contribution is 2.43. The molecule has 0 spiro atoms. The first-order valence-corrected chi connectivity index (χ1v) is 11.1. The fraction of sp³-hybridized carbons (Fsp3) is 1.00. The van der Waals surface area contributed by atoms with Crippen LogP contribution in [0.5, 0.6) is 0 Å². The summed E-state index contributed by atoms with van der Waals surface area (Å²) in [5, 5.41) is -1.13. The van der Waals surface area contributed by atoms with Crippen LogP contribution < -0.4 is 0 Å². The Bertz CT molecular complexity index is 103. The maximum atomic E-state index is 3.80. The van der Waals surface area contributed by atoms with E-state index in [-0.39, 0.29) is 0 Å². The molecule has 0 heterocycles. The average molecular weight is 286 g/mol. The van der Waals surface area contributed by atoms with E-state index in [4.69, 9.17) is 0 Å². The van der Waals surface area contributed by atoms with Gasteiger partial charge in [0.2, 0.25) is 5.31 Å². The van der Waals surface area contributed by atoms with Crippen molar-refractivity contribution in [2.24, 2.45) is 0 Å². The van der Waals surface area contributed by atoms with E-state index in [0.717, 1.165) is 5.54 Å². The Labute approximate surface area is 79.9 Å². The number of halogens is 2. The van der Waals surface area contributed by atoms with Gasteiger partial charge in [-0.05, 0) is 12.1 Å². The van der Waals surface area contributed by atoms with Crippen LogP contribution in [0.15, 0.2) is 0 Å². The maximum Gasteiger partial charge on any atom is 0.201 e. The summed E-state index contributed by atoms with van der Waals surface area (Å²) < 4.78 is 0. The van der Waals surface area contributed by atoms with E-state index in [2.05, 4.69) is 37.1 Å². The topological polar surface area (TPSA) is 0 Å². The third-order valence-electron chi connectivity index (χ3n) is 2.32. The van der Waals surface area contributed by atoms with E-state index in [9.17, 15) is 0 Å². The van der Waals surface area contributed by atoms with E-state index < -0.39 is 5.31 Å². The molecule has 1 fully saturated rings. The van der Waals surface area contributed by atoms with Gasteiger partial charge in [0, 0.05) is 0 Å². The molecule has 1 saturated carbocycles. The van der Waals surface area contributed by atoms with E-state index in [1.54, 1.807) is 0 Å². The highest BCUT2D eigenvalue weighted by molar-refractivity contribution is 9.51. The van der Waals surface area contributed by atoms with Gasteiger partial charge in [0.25, 0.3) is 0 Å². The average Bonchev–Trinajstić information content (AvgIpc) is 1.88. The minimum Gasteiger partial charge on any atom is -0.111 e. The lowest BCUT2D eigenvalue weighted by Gasteiger charge is -2.28. The summed E-state index contributed by atoms with van der Waals surface area (Å²) in [7, 11) is 0. The second kappa shape index (κ2) is 3.72. The Kier molecular flexibility index (Phi) is 3.45. The van der Waals surface area contributed by atoms with E-state index in [1.807, 2.05) is 0 Å².